The molecule has 0 spiro atoms. The number of carbonyl (C=O) groups excluding carboxylic acids is 3. The van der Waals surface area contributed by atoms with E-state index in [2.05, 4.69) is 10.6 Å². The second-order valence-electron chi connectivity index (χ2n) is 4.53. The van der Waals surface area contributed by atoms with Gasteiger partial charge in [0.25, 0.3) is 5.91 Å². The van der Waals surface area contributed by atoms with Crippen LogP contribution in [0.5, 0.6) is 0 Å². The molecular formula is C14H16N2O3. The number of hydrogen-bond acceptors (Lipinski definition) is 3. The lowest BCUT2D eigenvalue weighted by molar-refractivity contribution is -0.134. The van der Waals surface area contributed by atoms with E-state index in [4.69, 9.17) is 0 Å². The van der Waals surface area contributed by atoms with Gasteiger partial charge in [0.2, 0.25) is 11.8 Å². The van der Waals surface area contributed by atoms with Gasteiger partial charge >= 0.3 is 0 Å². The van der Waals surface area contributed by atoms with Crippen LogP contribution >= 0.6 is 0 Å². The molecule has 1 aromatic carbocycles. The predicted octanol–water partition coefficient (Wildman–Crippen LogP) is 0.784. The van der Waals surface area contributed by atoms with Crippen LogP contribution in [0.15, 0.2) is 24.3 Å². The van der Waals surface area contributed by atoms with Crippen molar-refractivity contribution in [3.63, 3.8) is 0 Å². The van der Waals surface area contributed by atoms with Crippen LogP contribution in [0.2, 0.25) is 0 Å². The fourth-order valence-corrected chi connectivity index (χ4v) is 2.01. The lowest BCUT2D eigenvalue weighted by atomic mass is 10.0. The van der Waals surface area contributed by atoms with Gasteiger partial charge in [-0.25, -0.2) is 0 Å². The van der Waals surface area contributed by atoms with Crippen molar-refractivity contribution in [2.24, 2.45) is 0 Å². The average Bonchev–Trinajstić information content (AvgIpc) is 2.42. The summed E-state index contributed by atoms with van der Waals surface area (Å²) in [5, 5.41) is 4.87. The minimum atomic E-state index is -0.629. The number of imide groups is 1. The molecule has 1 atom stereocenters. The first-order valence-electron chi connectivity index (χ1n) is 6.33. The highest BCUT2D eigenvalue weighted by Crippen LogP contribution is 2.09. The van der Waals surface area contributed by atoms with Crippen LogP contribution < -0.4 is 10.6 Å². The van der Waals surface area contributed by atoms with Crippen molar-refractivity contribution in [3.05, 3.63) is 35.4 Å². The summed E-state index contributed by atoms with van der Waals surface area (Å²) in [6.07, 6.45) is 1.45. The van der Waals surface area contributed by atoms with Gasteiger partial charge in [-0.3, -0.25) is 19.7 Å². The summed E-state index contributed by atoms with van der Waals surface area (Å²) in [7, 11) is 0. The van der Waals surface area contributed by atoms with Gasteiger partial charge in [-0.2, -0.15) is 0 Å². The van der Waals surface area contributed by atoms with Crippen LogP contribution in [-0.4, -0.2) is 23.8 Å². The molecule has 3 amide bonds. The summed E-state index contributed by atoms with van der Waals surface area (Å²) in [6, 6.07) is 6.65. The first kappa shape index (κ1) is 13.3. The lowest BCUT2D eigenvalue weighted by Gasteiger charge is -2.21. The maximum atomic E-state index is 12.0. The molecule has 5 nitrogen and oxygen atoms in total. The van der Waals surface area contributed by atoms with E-state index in [0.29, 0.717) is 12.0 Å². The Kier molecular flexibility index (Phi) is 3.94. The van der Waals surface area contributed by atoms with E-state index in [1.54, 1.807) is 12.1 Å². The number of aryl methyl sites for hydroxylation is 1. The second kappa shape index (κ2) is 5.65. The summed E-state index contributed by atoms with van der Waals surface area (Å²) in [5.74, 6) is -1.01. The molecule has 19 heavy (non-hydrogen) atoms. The van der Waals surface area contributed by atoms with Crippen molar-refractivity contribution in [2.45, 2.75) is 32.2 Å². The number of amides is 3. The maximum Gasteiger partial charge on any atom is 0.251 e. The standard InChI is InChI=1S/C14H16N2O3/c1-2-9-4-3-5-10(8-9)13(18)15-11-6-7-12(17)16-14(11)19/h3-5,8,11H,2,6-7H2,1H3,(H,15,18)(H,16,17,19)/t11-/m1/s1. The van der Waals surface area contributed by atoms with Crippen molar-refractivity contribution >= 4 is 17.7 Å². The van der Waals surface area contributed by atoms with Gasteiger partial charge < -0.3 is 5.32 Å². The summed E-state index contributed by atoms with van der Waals surface area (Å²) >= 11 is 0. The second-order valence-corrected chi connectivity index (χ2v) is 4.53. The Morgan fingerprint density at radius 2 is 2.21 bits per heavy atom. The molecular weight excluding hydrogens is 244 g/mol. The van der Waals surface area contributed by atoms with Gasteiger partial charge in [-0.1, -0.05) is 19.1 Å². The quantitative estimate of drug-likeness (QED) is 0.789. The Bertz CT molecular complexity index is 525. The van der Waals surface area contributed by atoms with Crippen LogP contribution in [0.4, 0.5) is 0 Å². The van der Waals surface area contributed by atoms with E-state index >= 15 is 0 Å². The molecule has 1 aromatic rings. The van der Waals surface area contributed by atoms with E-state index in [-0.39, 0.29) is 18.2 Å². The molecule has 2 rings (SSSR count). The van der Waals surface area contributed by atoms with Gasteiger partial charge in [0, 0.05) is 12.0 Å². The number of rotatable bonds is 3. The Balaban J connectivity index is 2.04. The van der Waals surface area contributed by atoms with Gasteiger partial charge in [-0.05, 0) is 30.5 Å². The predicted molar refractivity (Wildman–Crippen MR) is 69.5 cm³/mol. The van der Waals surface area contributed by atoms with Crippen molar-refractivity contribution < 1.29 is 14.4 Å². The Labute approximate surface area is 111 Å². The van der Waals surface area contributed by atoms with Crippen molar-refractivity contribution in [3.8, 4) is 0 Å². The molecule has 100 valence electrons. The van der Waals surface area contributed by atoms with Gasteiger partial charge in [0.15, 0.2) is 0 Å². The molecule has 2 N–H and O–H groups in total. The van der Waals surface area contributed by atoms with Gasteiger partial charge in [-0.15, -0.1) is 0 Å². The molecule has 5 heteroatoms. The molecule has 0 aromatic heterocycles. The SMILES string of the molecule is CCc1cccc(C(=O)N[C@@H]2CCC(=O)NC2=O)c1. The summed E-state index contributed by atoms with van der Waals surface area (Å²) in [4.78, 5) is 34.6. The zero-order valence-corrected chi connectivity index (χ0v) is 10.7. The molecule has 0 bridgehead atoms. The molecule has 0 unspecified atom stereocenters. The number of benzene rings is 1. The minimum Gasteiger partial charge on any atom is -0.340 e. The first-order chi connectivity index (χ1) is 9.10. The van der Waals surface area contributed by atoms with E-state index in [9.17, 15) is 14.4 Å². The van der Waals surface area contributed by atoms with E-state index < -0.39 is 11.9 Å². The molecule has 0 saturated carbocycles. The largest absolute Gasteiger partial charge is 0.340 e. The van der Waals surface area contributed by atoms with Crippen LogP contribution in [0.1, 0.15) is 35.7 Å². The van der Waals surface area contributed by atoms with Crippen LogP contribution in [-0.2, 0) is 16.0 Å². The number of piperidine rings is 1. The summed E-state index contributed by atoms with van der Waals surface area (Å²) in [5.41, 5.74) is 1.60. The smallest absolute Gasteiger partial charge is 0.251 e. The highest BCUT2D eigenvalue weighted by atomic mass is 16.2. The molecule has 1 saturated heterocycles. The fraction of sp³-hybridized carbons (Fsp3) is 0.357. The topological polar surface area (TPSA) is 75.3 Å². The van der Waals surface area contributed by atoms with Crippen molar-refractivity contribution in [2.75, 3.05) is 0 Å². The van der Waals surface area contributed by atoms with E-state index in [1.807, 2.05) is 19.1 Å². The third-order valence-electron chi connectivity index (χ3n) is 3.14. The Hall–Kier alpha value is -2.17. The minimum absolute atomic E-state index is 0.256. The van der Waals surface area contributed by atoms with Crippen molar-refractivity contribution in [1.82, 2.24) is 10.6 Å². The number of nitrogens with one attached hydrogen (secondary N) is 2. The summed E-state index contributed by atoms with van der Waals surface area (Å²) in [6.45, 7) is 2.01. The Morgan fingerprint density at radius 1 is 1.42 bits per heavy atom. The average molecular weight is 260 g/mol. The van der Waals surface area contributed by atoms with Crippen LogP contribution in [0.25, 0.3) is 0 Å². The third kappa shape index (κ3) is 3.19. The van der Waals surface area contributed by atoms with Gasteiger partial charge in [0.05, 0.1) is 0 Å². The Morgan fingerprint density at radius 3 is 2.89 bits per heavy atom. The normalized spacial score (nSPS) is 18.9. The van der Waals surface area contributed by atoms with Crippen LogP contribution in [0.3, 0.4) is 0 Å². The molecule has 1 fully saturated rings. The summed E-state index contributed by atoms with van der Waals surface area (Å²) < 4.78 is 0. The molecule has 0 radical (unpaired) electrons. The molecule has 0 aliphatic carbocycles. The van der Waals surface area contributed by atoms with Crippen LogP contribution in [0, 0.1) is 0 Å². The number of hydrogen-bond donors (Lipinski definition) is 2. The molecule has 1 aliphatic rings. The highest BCUT2D eigenvalue weighted by Gasteiger charge is 2.27. The third-order valence-corrected chi connectivity index (χ3v) is 3.14. The van der Waals surface area contributed by atoms with E-state index in [0.717, 1.165) is 12.0 Å². The highest BCUT2D eigenvalue weighted by molar-refractivity contribution is 6.03. The van der Waals surface area contributed by atoms with E-state index in [1.165, 1.54) is 0 Å². The molecule has 1 aliphatic heterocycles. The maximum absolute atomic E-state index is 12.0. The fourth-order valence-electron chi connectivity index (χ4n) is 2.01. The number of carbonyl (C=O) groups is 3. The zero-order valence-electron chi connectivity index (χ0n) is 10.7. The monoisotopic (exact) mass is 260 g/mol. The zero-order chi connectivity index (χ0) is 13.8. The first-order valence-corrected chi connectivity index (χ1v) is 6.33. The molecule has 1 heterocycles. The van der Waals surface area contributed by atoms with Crippen molar-refractivity contribution in [1.29, 1.82) is 0 Å². The lowest BCUT2D eigenvalue weighted by Crippen LogP contribution is -2.52. The van der Waals surface area contributed by atoms with Gasteiger partial charge in [0.1, 0.15) is 6.04 Å².